The Labute approximate surface area is 154 Å². The highest BCUT2D eigenvalue weighted by Crippen LogP contribution is 2.25. The highest BCUT2D eigenvalue weighted by Gasteiger charge is 2.17. The van der Waals surface area contributed by atoms with Crippen LogP contribution >= 0.6 is 0 Å². The van der Waals surface area contributed by atoms with Crippen molar-refractivity contribution < 1.29 is 18.3 Å². The first-order chi connectivity index (χ1) is 12.9. The summed E-state index contributed by atoms with van der Waals surface area (Å²) < 4.78 is 42.1. The van der Waals surface area contributed by atoms with Crippen LogP contribution in [-0.4, -0.2) is 26.0 Å². The molecule has 142 valence electrons. The van der Waals surface area contributed by atoms with E-state index in [1.165, 1.54) is 0 Å². The number of aliphatic hydroxyl groups is 1. The predicted molar refractivity (Wildman–Crippen MR) is 95.7 cm³/mol. The molecule has 27 heavy (non-hydrogen) atoms. The van der Waals surface area contributed by atoms with Gasteiger partial charge in [0.15, 0.2) is 23.3 Å². The summed E-state index contributed by atoms with van der Waals surface area (Å²) in [5, 5.41) is 17.1. The maximum absolute atomic E-state index is 13.9. The van der Waals surface area contributed by atoms with E-state index in [4.69, 9.17) is 0 Å². The van der Waals surface area contributed by atoms with Crippen molar-refractivity contribution in [2.75, 3.05) is 5.32 Å². The topological polar surface area (TPSA) is 63.0 Å². The van der Waals surface area contributed by atoms with Crippen molar-refractivity contribution in [3.05, 3.63) is 65.4 Å². The molecule has 2 heterocycles. The van der Waals surface area contributed by atoms with Crippen LogP contribution in [-0.2, 0) is 6.42 Å². The van der Waals surface area contributed by atoms with Gasteiger partial charge in [-0.15, -0.1) is 5.10 Å². The van der Waals surface area contributed by atoms with E-state index in [1.807, 2.05) is 19.9 Å². The zero-order valence-corrected chi connectivity index (χ0v) is 14.9. The number of halogens is 3. The second kappa shape index (κ2) is 7.79. The second-order valence-electron chi connectivity index (χ2n) is 6.20. The summed E-state index contributed by atoms with van der Waals surface area (Å²) in [5.74, 6) is -3.89. The van der Waals surface area contributed by atoms with Gasteiger partial charge in [-0.25, -0.2) is 17.9 Å². The molecule has 0 bridgehead atoms. The second-order valence-corrected chi connectivity index (χ2v) is 6.20. The Balaban J connectivity index is 1.99. The number of nitrogens with zero attached hydrogens (tertiary/aromatic N) is 3. The Bertz CT molecular complexity index is 958. The van der Waals surface area contributed by atoms with Crippen LogP contribution in [0.5, 0.6) is 0 Å². The first kappa shape index (κ1) is 18.9. The van der Waals surface area contributed by atoms with Crippen LogP contribution in [0.25, 0.3) is 5.69 Å². The average Bonchev–Trinajstić information content (AvgIpc) is 3.04. The van der Waals surface area contributed by atoms with Gasteiger partial charge in [-0.05, 0) is 37.6 Å². The first-order valence-corrected chi connectivity index (χ1v) is 8.49. The lowest BCUT2D eigenvalue weighted by molar-refractivity contribution is 0.169. The predicted octanol–water partition coefficient (Wildman–Crippen LogP) is 4.05. The number of aromatic nitrogens is 3. The molecule has 0 saturated heterocycles. The molecule has 1 aromatic carbocycles. The number of aryl methyl sites for hydroxylation is 1. The molecule has 0 unspecified atom stereocenters. The first-order valence-electron chi connectivity index (χ1n) is 8.49. The minimum Gasteiger partial charge on any atom is -0.393 e. The summed E-state index contributed by atoms with van der Waals surface area (Å²) in [7, 11) is 0. The Morgan fingerprint density at radius 2 is 1.93 bits per heavy atom. The highest BCUT2D eigenvalue weighted by molar-refractivity contribution is 5.58. The molecular formula is C19H19F3N4O. The largest absolute Gasteiger partial charge is 0.393 e. The van der Waals surface area contributed by atoms with E-state index in [9.17, 15) is 18.3 Å². The molecule has 0 fully saturated rings. The zero-order chi connectivity index (χ0) is 19.6. The molecule has 5 nitrogen and oxygen atoms in total. The van der Waals surface area contributed by atoms with Gasteiger partial charge in [0.1, 0.15) is 0 Å². The van der Waals surface area contributed by atoms with Gasteiger partial charge in [0, 0.05) is 30.1 Å². The molecule has 0 aliphatic carbocycles. The minimum atomic E-state index is -1.55. The third-order valence-electron chi connectivity index (χ3n) is 4.12. The number of benzene rings is 1. The lowest BCUT2D eigenvalue weighted by atomic mass is 10.1. The third-order valence-corrected chi connectivity index (χ3v) is 4.12. The van der Waals surface area contributed by atoms with Gasteiger partial charge >= 0.3 is 0 Å². The van der Waals surface area contributed by atoms with E-state index in [0.29, 0.717) is 18.5 Å². The summed E-state index contributed by atoms with van der Waals surface area (Å²) in [4.78, 5) is 4.14. The smallest absolute Gasteiger partial charge is 0.196 e. The standard InChI is InChI=1S/C19H19F3N4O/c1-3-14(27)9-13-10-17(24-16-5-4-15(20)18(21)19(16)22)25-26(13)12-6-7-23-11(2)8-12/h4-8,10,14,27H,3,9H2,1-2H3,(H,24,25)/t14-/m1/s1. The quantitative estimate of drug-likeness (QED) is 0.637. The summed E-state index contributed by atoms with van der Waals surface area (Å²) in [6, 6.07) is 7.14. The van der Waals surface area contributed by atoms with Gasteiger partial charge < -0.3 is 10.4 Å². The summed E-state index contributed by atoms with van der Waals surface area (Å²) in [5.41, 5.74) is 1.96. The molecule has 0 aliphatic heterocycles. The van der Waals surface area contributed by atoms with E-state index in [0.717, 1.165) is 23.5 Å². The molecule has 0 spiro atoms. The summed E-state index contributed by atoms with van der Waals surface area (Å²) in [6.07, 6.45) is 1.94. The monoisotopic (exact) mass is 376 g/mol. The van der Waals surface area contributed by atoms with Crippen LogP contribution in [0.3, 0.4) is 0 Å². The number of nitrogens with one attached hydrogen (secondary N) is 1. The van der Waals surface area contributed by atoms with Crippen molar-refractivity contribution in [3.63, 3.8) is 0 Å². The number of hydrogen-bond donors (Lipinski definition) is 2. The van der Waals surface area contributed by atoms with Gasteiger partial charge in [0.2, 0.25) is 0 Å². The molecule has 3 rings (SSSR count). The van der Waals surface area contributed by atoms with Crippen LogP contribution in [0.2, 0.25) is 0 Å². The number of hydrogen-bond acceptors (Lipinski definition) is 4. The SMILES string of the molecule is CC[C@@H](O)Cc1cc(Nc2ccc(F)c(F)c2F)nn1-c1ccnc(C)c1. The van der Waals surface area contributed by atoms with Crippen molar-refractivity contribution in [2.24, 2.45) is 0 Å². The molecule has 0 amide bonds. The molecule has 3 aromatic rings. The normalized spacial score (nSPS) is 12.2. The maximum Gasteiger partial charge on any atom is 0.196 e. The summed E-state index contributed by atoms with van der Waals surface area (Å²) >= 11 is 0. The Kier molecular flexibility index (Phi) is 5.46. The minimum absolute atomic E-state index is 0.230. The Morgan fingerprint density at radius 1 is 1.15 bits per heavy atom. The molecule has 0 saturated carbocycles. The Morgan fingerprint density at radius 3 is 2.63 bits per heavy atom. The molecule has 8 heteroatoms. The fourth-order valence-corrected chi connectivity index (χ4v) is 2.66. The van der Waals surface area contributed by atoms with Crippen molar-refractivity contribution >= 4 is 11.5 Å². The lowest BCUT2D eigenvalue weighted by Crippen LogP contribution is -2.12. The number of rotatable bonds is 6. The van der Waals surface area contributed by atoms with Crippen molar-refractivity contribution in [2.45, 2.75) is 32.8 Å². The lowest BCUT2D eigenvalue weighted by Gasteiger charge is -2.10. The van der Waals surface area contributed by atoms with E-state index < -0.39 is 23.6 Å². The summed E-state index contributed by atoms with van der Waals surface area (Å²) in [6.45, 7) is 3.70. The van der Waals surface area contributed by atoms with Crippen LogP contribution in [0, 0.1) is 24.4 Å². The zero-order valence-electron chi connectivity index (χ0n) is 14.9. The maximum atomic E-state index is 13.9. The van der Waals surface area contributed by atoms with Gasteiger partial charge in [0.05, 0.1) is 17.5 Å². The van der Waals surface area contributed by atoms with Gasteiger partial charge in [-0.1, -0.05) is 6.92 Å². The van der Waals surface area contributed by atoms with E-state index in [1.54, 1.807) is 23.0 Å². The third kappa shape index (κ3) is 4.11. The van der Waals surface area contributed by atoms with Crippen molar-refractivity contribution in [3.8, 4) is 5.69 Å². The van der Waals surface area contributed by atoms with E-state index in [2.05, 4.69) is 15.4 Å². The average molecular weight is 376 g/mol. The fourth-order valence-electron chi connectivity index (χ4n) is 2.66. The van der Waals surface area contributed by atoms with Gasteiger partial charge in [-0.3, -0.25) is 4.98 Å². The molecular weight excluding hydrogens is 357 g/mol. The molecule has 2 N–H and O–H groups in total. The van der Waals surface area contributed by atoms with E-state index in [-0.39, 0.29) is 11.5 Å². The van der Waals surface area contributed by atoms with Gasteiger partial charge in [-0.2, -0.15) is 0 Å². The van der Waals surface area contributed by atoms with Crippen LogP contribution in [0.1, 0.15) is 24.7 Å². The molecule has 0 aliphatic rings. The Hall–Kier alpha value is -2.87. The molecule has 0 radical (unpaired) electrons. The fraction of sp³-hybridized carbons (Fsp3) is 0.263. The molecule has 1 atom stereocenters. The number of pyridine rings is 1. The highest BCUT2D eigenvalue weighted by atomic mass is 19.2. The van der Waals surface area contributed by atoms with E-state index >= 15 is 0 Å². The van der Waals surface area contributed by atoms with Crippen molar-refractivity contribution in [1.82, 2.24) is 14.8 Å². The van der Waals surface area contributed by atoms with Crippen LogP contribution < -0.4 is 5.32 Å². The van der Waals surface area contributed by atoms with Crippen molar-refractivity contribution in [1.29, 1.82) is 0 Å². The number of aliphatic hydroxyl groups excluding tert-OH is 1. The van der Waals surface area contributed by atoms with Crippen LogP contribution in [0.4, 0.5) is 24.7 Å². The van der Waals surface area contributed by atoms with Gasteiger partial charge in [0.25, 0.3) is 0 Å². The number of anilines is 2. The molecule has 2 aromatic heterocycles. The van der Waals surface area contributed by atoms with Crippen LogP contribution in [0.15, 0.2) is 36.5 Å².